The lowest BCUT2D eigenvalue weighted by Crippen LogP contribution is -2.45. The maximum Gasteiger partial charge on any atom is 0.276 e. The molecule has 6 nitrogen and oxygen atoms in total. The van der Waals surface area contributed by atoms with E-state index in [2.05, 4.69) is 10.9 Å². The highest BCUT2D eigenvalue weighted by molar-refractivity contribution is 6.30. The van der Waals surface area contributed by atoms with E-state index >= 15 is 0 Å². The summed E-state index contributed by atoms with van der Waals surface area (Å²) in [4.78, 5) is 23.4. The number of benzene rings is 2. The van der Waals surface area contributed by atoms with E-state index in [1.54, 1.807) is 24.3 Å². The van der Waals surface area contributed by atoms with Crippen LogP contribution in [-0.4, -0.2) is 25.0 Å². The number of carbonyl (C=O) groups is 2. The first-order valence-electron chi connectivity index (χ1n) is 7.60. The summed E-state index contributed by atoms with van der Waals surface area (Å²) in [6.07, 6.45) is 0. The van der Waals surface area contributed by atoms with E-state index in [0.29, 0.717) is 16.5 Å². The van der Waals surface area contributed by atoms with Crippen LogP contribution in [0.15, 0.2) is 42.5 Å². The van der Waals surface area contributed by atoms with E-state index in [1.165, 1.54) is 0 Å². The van der Waals surface area contributed by atoms with E-state index in [-0.39, 0.29) is 13.2 Å². The molecule has 2 amide bonds. The second kappa shape index (κ2) is 8.94. The molecule has 0 aromatic heterocycles. The number of ether oxygens (including phenoxy) is 2. The van der Waals surface area contributed by atoms with Crippen molar-refractivity contribution in [3.8, 4) is 11.5 Å². The molecule has 2 rings (SSSR count). The zero-order valence-electron chi connectivity index (χ0n) is 14.0. The summed E-state index contributed by atoms with van der Waals surface area (Å²) in [5.41, 5.74) is 6.37. The number of nitrogens with one attached hydrogen (secondary N) is 2. The number of amides is 2. The first-order valence-corrected chi connectivity index (χ1v) is 7.98. The van der Waals surface area contributed by atoms with Crippen LogP contribution in [0.3, 0.4) is 0 Å². The fourth-order valence-corrected chi connectivity index (χ4v) is 2.21. The first kappa shape index (κ1) is 18.6. The molecule has 0 spiro atoms. The number of hydrazine groups is 1. The van der Waals surface area contributed by atoms with Crippen molar-refractivity contribution in [3.63, 3.8) is 0 Å². The molecule has 7 heteroatoms. The van der Waals surface area contributed by atoms with E-state index in [0.717, 1.165) is 11.1 Å². The molecule has 0 aliphatic rings. The van der Waals surface area contributed by atoms with Gasteiger partial charge in [-0.05, 0) is 55.3 Å². The number of halogens is 1. The molecule has 0 aliphatic heterocycles. The highest BCUT2D eigenvalue weighted by atomic mass is 35.5. The summed E-state index contributed by atoms with van der Waals surface area (Å²) in [5.74, 6) is 0.174. The van der Waals surface area contributed by atoms with Crippen LogP contribution < -0.4 is 20.3 Å². The van der Waals surface area contributed by atoms with Crippen molar-refractivity contribution in [1.82, 2.24) is 10.9 Å². The van der Waals surface area contributed by atoms with Gasteiger partial charge in [0, 0.05) is 5.02 Å². The minimum absolute atomic E-state index is 0.207. The van der Waals surface area contributed by atoms with Crippen molar-refractivity contribution in [3.05, 3.63) is 58.6 Å². The number of rotatable bonds is 6. The lowest BCUT2D eigenvalue weighted by Gasteiger charge is -2.11. The molecule has 2 N–H and O–H groups in total. The third kappa shape index (κ3) is 6.35. The molecule has 0 heterocycles. The van der Waals surface area contributed by atoms with Crippen molar-refractivity contribution in [2.75, 3.05) is 13.2 Å². The van der Waals surface area contributed by atoms with Gasteiger partial charge in [-0.15, -0.1) is 0 Å². The van der Waals surface area contributed by atoms with Gasteiger partial charge in [0.2, 0.25) is 0 Å². The second-order valence-electron chi connectivity index (χ2n) is 5.40. The van der Waals surface area contributed by atoms with Gasteiger partial charge in [0.25, 0.3) is 11.8 Å². The van der Waals surface area contributed by atoms with Crippen LogP contribution in [0.2, 0.25) is 5.02 Å². The molecule has 0 saturated heterocycles. The van der Waals surface area contributed by atoms with Crippen molar-refractivity contribution < 1.29 is 19.1 Å². The van der Waals surface area contributed by atoms with Gasteiger partial charge in [0.05, 0.1) is 0 Å². The molecular formula is C18H19ClN2O4. The Hall–Kier alpha value is -2.73. The van der Waals surface area contributed by atoms with Crippen LogP contribution in [0.4, 0.5) is 0 Å². The quantitative estimate of drug-likeness (QED) is 0.774. The Balaban J connectivity index is 1.69. The topological polar surface area (TPSA) is 76.7 Å². The minimum atomic E-state index is -0.488. The number of carbonyl (C=O) groups excluding carboxylic acids is 2. The SMILES string of the molecule is Cc1cccc(OCC(=O)NNC(=O)COc2ccc(Cl)cc2C)c1. The summed E-state index contributed by atoms with van der Waals surface area (Å²) in [5, 5.41) is 0.593. The summed E-state index contributed by atoms with van der Waals surface area (Å²) in [6.45, 7) is 3.31. The van der Waals surface area contributed by atoms with Gasteiger partial charge in [-0.2, -0.15) is 0 Å². The Morgan fingerprint density at radius 1 is 0.960 bits per heavy atom. The molecule has 0 saturated carbocycles. The molecule has 2 aromatic carbocycles. The smallest absolute Gasteiger partial charge is 0.276 e. The average Bonchev–Trinajstić information content (AvgIpc) is 2.57. The van der Waals surface area contributed by atoms with Crippen molar-refractivity contribution >= 4 is 23.4 Å². The van der Waals surface area contributed by atoms with Crippen LogP contribution in [0.25, 0.3) is 0 Å². The van der Waals surface area contributed by atoms with Gasteiger partial charge in [0.15, 0.2) is 13.2 Å². The maximum absolute atomic E-state index is 11.7. The molecule has 0 atom stereocenters. The van der Waals surface area contributed by atoms with Crippen molar-refractivity contribution in [2.24, 2.45) is 0 Å². The predicted molar refractivity (Wildman–Crippen MR) is 94.6 cm³/mol. The molecule has 2 aromatic rings. The van der Waals surface area contributed by atoms with E-state index in [9.17, 15) is 9.59 Å². The molecule has 0 aliphatic carbocycles. The van der Waals surface area contributed by atoms with E-state index < -0.39 is 11.8 Å². The van der Waals surface area contributed by atoms with Crippen LogP contribution in [0.5, 0.6) is 11.5 Å². The third-order valence-corrected chi connectivity index (χ3v) is 3.43. The monoisotopic (exact) mass is 362 g/mol. The van der Waals surface area contributed by atoms with Crippen LogP contribution in [0, 0.1) is 13.8 Å². The molecule has 0 bridgehead atoms. The first-order chi connectivity index (χ1) is 11.9. The van der Waals surface area contributed by atoms with Gasteiger partial charge in [-0.1, -0.05) is 23.7 Å². The molecule has 25 heavy (non-hydrogen) atoms. The zero-order chi connectivity index (χ0) is 18.2. The Kier molecular flexibility index (Phi) is 6.65. The number of hydrogen-bond donors (Lipinski definition) is 2. The fourth-order valence-electron chi connectivity index (χ4n) is 1.98. The largest absolute Gasteiger partial charge is 0.484 e. The zero-order valence-corrected chi connectivity index (χ0v) is 14.7. The van der Waals surface area contributed by atoms with Gasteiger partial charge < -0.3 is 9.47 Å². The summed E-state index contributed by atoms with van der Waals surface area (Å²) >= 11 is 5.85. The lowest BCUT2D eigenvalue weighted by atomic mass is 10.2. The normalized spacial score (nSPS) is 10.0. The number of aryl methyl sites for hydroxylation is 2. The summed E-state index contributed by atoms with van der Waals surface area (Å²) < 4.78 is 10.7. The predicted octanol–water partition coefficient (Wildman–Crippen LogP) is 2.56. The van der Waals surface area contributed by atoms with Crippen LogP contribution in [-0.2, 0) is 9.59 Å². The molecule has 0 fully saturated rings. The Bertz CT molecular complexity index is 764. The Morgan fingerprint density at radius 3 is 2.28 bits per heavy atom. The molecule has 132 valence electrons. The van der Waals surface area contributed by atoms with Crippen LogP contribution >= 0.6 is 11.6 Å². The lowest BCUT2D eigenvalue weighted by molar-refractivity contribution is -0.131. The van der Waals surface area contributed by atoms with Gasteiger partial charge in [-0.25, -0.2) is 0 Å². The van der Waals surface area contributed by atoms with Crippen molar-refractivity contribution in [2.45, 2.75) is 13.8 Å². The summed E-state index contributed by atoms with van der Waals surface area (Å²) in [6, 6.07) is 12.4. The van der Waals surface area contributed by atoms with Gasteiger partial charge in [0.1, 0.15) is 11.5 Å². The highest BCUT2D eigenvalue weighted by Crippen LogP contribution is 2.21. The fraction of sp³-hybridized carbons (Fsp3) is 0.222. The van der Waals surface area contributed by atoms with Crippen LogP contribution in [0.1, 0.15) is 11.1 Å². The Labute approximate surface area is 151 Å². The minimum Gasteiger partial charge on any atom is -0.484 e. The van der Waals surface area contributed by atoms with Gasteiger partial charge in [-0.3, -0.25) is 20.4 Å². The molecular weight excluding hydrogens is 344 g/mol. The second-order valence-corrected chi connectivity index (χ2v) is 5.84. The highest BCUT2D eigenvalue weighted by Gasteiger charge is 2.08. The van der Waals surface area contributed by atoms with E-state index in [1.807, 2.05) is 32.0 Å². The standard InChI is InChI=1S/C18H19ClN2O4/c1-12-4-3-5-15(8-12)24-10-17(22)20-21-18(23)11-25-16-7-6-14(19)9-13(16)2/h3-9H,10-11H2,1-2H3,(H,20,22)(H,21,23). The Morgan fingerprint density at radius 2 is 1.64 bits per heavy atom. The molecule has 0 radical (unpaired) electrons. The summed E-state index contributed by atoms with van der Waals surface area (Å²) in [7, 11) is 0. The third-order valence-electron chi connectivity index (χ3n) is 3.20. The maximum atomic E-state index is 11.7. The molecule has 0 unspecified atom stereocenters. The average molecular weight is 363 g/mol. The van der Waals surface area contributed by atoms with Gasteiger partial charge >= 0.3 is 0 Å². The van der Waals surface area contributed by atoms with E-state index in [4.69, 9.17) is 21.1 Å². The number of hydrogen-bond acceptors (Lipinski definition) is 4. The van der Waals surface area contributed by atoms with Crippen molar-refractivity contribution in [1.29, 1.82) is 0 Å².